The number of carbonyl (C=O) groups is 1. The number of pyridine rings is 1. The summed E-state index contributed by atoms with van der Waals surface area (Å²) in [6.45, 7) is 4.69. The number of aliphatic hydroxyl groups excluding tert-OH is 1. The Hall–Kier alpha value is -3.46. The smallest absolute Gasteiger partial charge is 0.269 e. The van der Waals surface area contributed by atoms with Crippen molar-refractivity contribution in [2.75, 3.05) is 33.5 Å². The lowest BCUT2D eigenvalue weighted by molar-refractivity contribution is 0.0940. The van der Waals surface area contributed by atoms with Crippen molar-refractivity contribution >= 4 is 17.6 Å². The normalized spacial score (nSPS) is 11.0. The fourth-order valence-electron chi connectivity index (χ4n) is 2.54. The average molecular weight is 414 g/mol. The molecule has 3 N–H and O–H groups in total. The molecule has 160 valence electrons. The summed E-state index contributed by atoms with van der Waals surface area (Å²) in [6.07, 6.45) is 1.42. The highest BCUT2D eigenvalue weighted by atomic mass is 16.5. The molecule has 1 amide bonds. The lowest BCUT2D eigenvalue weighted by Gasteiger charge is -2.13. The highest BCUT2D eigenvalue weighted by Crippen LogP contribution is 2.29. The Bertz CT molecular complexity index is 914. The summed E-state index contributed by atoms with van der Waals surface area (Å²) in [5, 5.41) is 19.6. The van der Waals surface area contributed by atoms with Crippen molar-refractivity contribution in [2.45, 2.75) is 13.8 Å². The lowest BCUT2D eigenvalue weighted by Crippen LogP contribution is -2.27. The molecule has 0 saturated carbocycles. The molecule has 9 nitrogen and oxygen atoms in total. The molecule has 0 bridgehead atoms. The zero-order valence-corrected chi connectivity index (χ0v) is 17.3. The van der Waals surface area contributed by atoms with Crippen molar-refractivity contribution in [3.8, 4) is 11.5 Å². The predicted octanol–water partition coefficient (Wildman–Crippen LogP) is 2.02. The number of hydrogen-bond acceptors (Lipinski definition) is 7. The molecule has 9 heteroatoms. The number of nitrogens with one attached hydrogen (secondary N) is 2. The number of hydrogen-bond donors (Lipinski definition) is 3. The van der Waals surface area contributed by atoms with Crippen LogP contribution in [0.1, 0.15) is 35.5 Å². The van der Waals surface area contributed by atoms with Gasteiger partial charge in [0.2, 0.25) is 5.90 Å². The zero-order valence-electron chi connectivity index (χ0n) is 17.3. The predicted molar refractivity (Wildman–Crippen MR) is 113 cm³/mol. The van der Waals surface area contributed by atoms with Crippen LogP contribution in [0, 0.1) is 5.41 Å². The van der Waals surface area contributed by atoms with Crippen LogP contribution in [0.5, 0.6) is 11.5 Å². The van der Waals surface area contributed by atoms with Gasteiger partial charge in [0.05, 0.1) is 26.9 Å². The summed E-state index contributed by atoms with van der Waals surface area (Å²) in [4.78, 5) is 20.3. The first kappa shape index (κ1) is 22.8. The molecule has 2 aromatic rings. The summed E-state index contributed by atoms with van der Waals surface area (Å²) in [7, 11) is 1.46. The van der Waals surface area contributed by atoms with E-state index in [0.717, 1.165) is 0 Å². The van der Waals surface area contributed by atoms with E-state index in [1.807, 2.05) is 13.8 Å². The zero-order chi connectivity index (χ0) is 21.9. The van der Waals surface area contributed by atoms with Gasteiger partial charge in [-0.15, -0.1) is 0 Å². The summed E-state index contributed by atoms with van der Waals surface area (Å²) >= 11 is 0. The molecule has 0 spiro atoms. The number of nitrogens with zero attached hydrogens (tertiary/aromatic N) is 2. The number of amides is 1. The maximum atomic E-state index is 12.0. The number of aromatic nitrogens is 1. The highest BCUT2D eigenvalue weighted by Gasteiger charge is 2.14. The molecule has 1 aromatic heterocycles. The Morgan fingerprint density at radius 1 is 1.13 bits per heavy atom. The number of rotatable bonds is 9. The summed E-state index contributed by atoms with van der Waals surface area (Å²) in [5.41, 5.74) is 1.13. The number of carbonyl (C=O) groups excluding carboxylic acids is 1. The molecule has 0 saturated heterocycles. The van der Waals surface area contributed by atoms with Gasteiger partial charge in [-0.1, -0.05) is 0 Å². The molecule has 0 aliphatic rings. The third-order valence-electron chi connectivity index (χ3n) is 3.86. The molecule has 0 atom stereocenters. The van der Waals surface area contributed by atoms with E-state index in [0.29, 0.717) is 35.8 Å². The fourth-order valence-corrected chi connectivity index (χ4v) is 2.54. The number of aliphatic imine (C=N–C) groups is 1. The first-order chi connectivity index (χ1) is 14.5. The van der Waals surface area contributed by atoms with Gasteiger partial charge in [-0.25, -0.2) is 0 Å². The monoisotopic (exact) mass is 414 g/mol. The van der Waals surface area contributed by atoms with Crippen LogP contribution in [-0.2, 0) is 4.74 Å². The van der Waals surface area contributed by atoms with Gasteiger partial charge in [-0.3, -0.25) is 15.2 Å². The van der Waals surface area contributed by atoms with Crippen LogP contribution in [0.2, 0.25) is 0 Å². The second-order valence-electron chi connectivity index (χ2n) is 5.91. The minimum atomic E-state index is -0.442. The lowest BCUT2D eigenvalue weighted by atomic mass is 10.1. The molecule has 1 aromatic carbocycles. The van der Waals surface area contributed by atoms with E-state index in [1.165, 1.54) is 19.4 Å². The van der Waals surface area contributed by atoms with Crippen LogP contribution in [-0.4, -0.2) is 61.2 Å². The summed E-state index contributed by atoms with van der Waals surface area (Å²) in [5.74, 6) is 0.841. The Kier molecular flexibility index (Phi) is 8.76. The Balaban J connectivity index is 2.30. The highest BCUT2D eigenvalue weighted by molar-refractivity contribution is 6.09. The quantitative estimate of drug-likeness (QED) is 0.426. The minimum absolute atomic E-state index is 0.0997. The molecule has 0 radical (unpaired) electrons. The Labute approximate surface area is 175 Å². The molecule has 0 fully saturated rings. The van der Waals surface area contributed by atoms with E-state index < -0.39 is 5.91 Å². The van der Waals surface area contributed by atoms with E-state index in [-0.39, 0.29) is 30.6 Å². The first-order valence-corrected chi connectivity index (χ1v) is 9.50. The van der Waals surface area contributed by atoms with E-state index in [9.17, 15) is 4.79 Å². The standard InChI is InChI=1S/C21H26N4O5/c1-4-29-17-7-6-15(13-18(17)30-5-2)21(28-3)25-19(22)14-8-9-23-16(12-14)20(27)24-10-11-26/h6-9,12-13,22,26H,4-5,10-11H2,1-3H3,(H,24,27)/b22-19?,25-21-. The number of benzene rings is 1. The molecular formula is C21H26N4O5. The average Bonchev–Trinajstić information content (AvgIpc) is 2.77. The SMILES string of the molecule is CCOc1ccc(/C(=N/C(=N)c2ccnc(C(=O)NCCO)c2)OC)cc1OCC. The van der Waals surface area contributed by atoms with Gasteiger partial charge in [0.1, 0.15) is 5.69 Å². The molecule has 0 aliphatic heterocycles. The van der Waals surface area contributed by atoms with Gasteiger partial charge in [0.15, 0.2) is 17.3 Å². The first-order valence-electron chi connectivity index (χ1n) is 9.50. The maximum absolute atomic E-state index is 12.0. The van der Waals surface area contributed by atoms with Gasteiger partial charge < -0.3 is 24.6 Å². The third-order valence-corrected chi connectivity index (χ3v) is 3.86. The summed E-state index contributed by atoms with van der Waals surface area (Å²) < 4.78 is 16.6. The van der Waals surface area contributed by atoms with Crippen molar-refractivity contribution in [2.24, 2.45) is 4.99 Å². The Morgan fingerprint density at radius 2 is 1.87 bits per heavy atom. The molecule has 0 unspecified atom stereocenters. The number of amidine groups is 1. The number of methoxy groups -OCH3 is 1. The summed E-state index contributed by atoms with van der Waals surface area (Å²) in [6, 6.07) is 8.30. The van der Waals surface area contributed by atoms with Crippen molar-refractivity contribution in [1.29, 1.82) is 5.41 Å². The van der Waals surface area contributed by atoms with E-state index in [1.54, 1.807) is 24.3 Å². The minimum Gasteiger partial charge on any atom is -0.490 e. The van der Waals surface area contributed by atoms with Crippen LogP contribution >= 0.6 is 0 Å². The second-order valence-corrected chi connectivity index (χ2v) is 5.91. The molecule has 0 aliphatic carbocycles. The maximum Gasteiger partial charge on any atom is 0.269 e. The Morgan fingerprint density at radius 3 is 2.53 bits per heavy atom. The molecule has 30 heavy (non-hydrogen) atoms. The molecule has 2 rings (SSSR count). The van der Waals surface area contributed by atoms with E-state index in [4.69, 9.17) is 24.7 Å². The third kappa shape index (κ3) is 6.02. The van der Waals surface area contributed by atoms with Gasteiger partial charge in [0, 0.05) is 23.9 Å². The largest absolute Gasteiger partial charge is 0.490 e. The van der Waals surface area contributed by atoms with Crippen molar-refractivity contribution in [3.63, 3.8) is 0 Å². The topological polar surface area (TPSA) is 126 Å². The fraction of sp³-hybridized carbons (Fsp3) is 0.333. The van der Waals surface area contributed by atoms with Crippen molar-refractivity contribution in [3.05, 3.63) is 53.3 Å². The van der Waals surface area contributed by atoms with E-state index >= 15 is 0 Å². The van der Waals surface area contributed by atoms with Crippen molar-refractivity contribution < 1.29 is 24.1 Å². The van der Waals surface area contributed by atoms with Crippen LogP contribution in [0.3, 0.4) is 0 Å². The van der Waals surface area contributed by atoms with Gasteiger partial charge in [-0.05, 0) is 44.2 Å². The van der Waals surface area contributed by atoms with Crippen LogP contribution in [0.15, 0.2) is 41.5 Å². The van der Waals surface area contributed by atoms with Crippen LogP contribution in [0.4, 0.5) is 0 Å². The van der Waals surface area contributed by atoms with Crippen LogP contribution in [0.25, 0.3) is 0 Å². The van der Waals surface area contributed by atoms with Gasteiger partial charge in [-0.2, -0.15) is 4.99 Å². The molecular weight excluding hydrogens is 388 g/mol. The number of aliphatic hydroxyl groups is 1. The second kappa shape index (κ2) is 11.5. The van der Waals surface area contributed by atoms with Crippen molar-refractivity contribution in [1.82, 2.24) is 10.3 Å². The van der Waals surface area contributed by atoms with Gasteiger partial charge >= 0.3 is 0 Å². The van der Waals surface area contributed by atoms with Gasteiger partial charge in [0.25, 0.3) is 5.91 Å². The van der Waals surface area contributed by atoms with E-state index in [2.05, 4.69) is 15.3 Å². The number of ether oxygens (including phenoxy) is 3. The molecule has 1 heterocycles. The van der Waals surface area contributed by atoms with Crippen LogP contribution < -0.4 is 14.8 Å².